The molecule has 1 aromatic carbocycles. The monoisotopic (exact) mass is 304 g/mol. The Morgan fingerprint density at radius 1 is 1.20 bits per heavy atom. The molecule has 106 valence electrons. The molecule has 0 saturated carbocycles. The predicted octanol–water partition coefficient (Wildman–Crippen LogP) is 3.94. The summed E-state index contributed by atoms with van der Waals surface area (Å²) in [5, 5.41) is -0.122. The van der Waals surface area contributed by atoms with Crippen molar-refractivity contribution in [3.63, 3.8) is 0 Å². The standard InChI is InChI=1S/C13H9ClF4N2/c14-10-2-1-7(5-11(10)15)12(19)8-6-20-4-3-9(8)13(16,17)18/h1-6,12H,19H2. The molecule has 1 atom stereocenters. The largest absolute Gasteiger partial charge is 0.416 e. The summed E-state index contributed by atoms with van der Waals surface area (Å²) in [5.74, 6) is -0.739. The average molecular weight is 305 g/mol. The molecular formula is C13H9ClF4N2. The molecule has 0 aliphatic carbocycles. The third-order valence-corrected chi connectivity index (χ3v) is 3.10. The molecule has 2 aromatic rings. The summed E-state index contributed by atoms with van der Waals surface area (Å²) in [6, 6.07) is 3.33. The summed E-state index contributed by atoms with van der Waals surface area (Å²) < 4.78 is 52.0. The van der Waals surface area contributed by atoms with Gasteiger partial charge in [-0.15, -0.1) is 0 Å². The maximum Gasteiger partial charge on any atom is 0.416 e. The van der Waals surface area contributed by atoms with Crippen LogP contribution < -0.4 is 5.73 Å². The van der Waals surface area contributed by atoms with Crippen LogP contribution in [0.2, 0.25) is 5.02 Å². The fourth-order valence-corrected chi connectivity index (χ4v) is 1.92. The molecule has 2 N–H and O–H groups in total. The Kier molecular flexibility index (Phi) is 3.96. The normalized spacial score (nSPS) is 13.3. The number of nitrogens with zero attached hydrogens (tertiary/aromatic N) is 1. The van der Waals surface area contributed by atoms with E-state index in [4.69, 9.17) is 17.3 Å². The molecule has 0 amide bonds. The van der Waals surface area contributed by atoms with Gasteiger partial charge in [0.05, 0.1) is 16.6 Å². The molecule has 0 radical (unpaired) electrons. The maximum absolute atomic E-state index is 13.4. The molecule has 2 rings (SSSR count). The lowest BCUT2D eigenvalue weighted by Crippen LogP contribution is -2.19. The lowest BCUT2D eigenvalue weighted by atomic mass is 9.96. The Morgan fingerprint density at radius 2 is 1.90 bits per heavy atom. The van der Waals surface area contributed by atoms with Crippen molar-refractivity contribution >= 4 is 11.6 Å². The first-order valence-corrected chi connectivity index (χ1v) is 5.90. The molecule has 1 heterocycles. The Bertz CT molecular complexity index is 628. The Balaban J connectivity index is 2.48. The highest BCUT2D eigenvalue weighted by atomic mass is 35.5. The van der Waals surface area contributed by atoms with E-state index in [0.29, 0.717) is 0 Å². The average Bonchev–Trinajstić information content (AvgIpc) is 2.40. The highest BCUT2D eigenvalue weighted by Gasteiger charge is 2.35. The van der Waals surface area contributed by atoms with E-state index in [1.54, 1.807) is 0 Å². The van der Waals surface area contributed by atoms with Crippen LogP contribution >= 0.6 is 11.6 Å². The van der Waals surface area contributed by atoms with Gasteiger partial charge in [-0.25, -0.2) is 4.39 Å². The second-order valence-corrected chi connectivity index (χ2v) is 4.52. The number of alkyl halides is 3. The van der Waals surface area contributed by atoms with Crippen LogP contribution in [-0.4, -0.2) is 4.98 Å². The van der Waals surface area contributed by atoms with Crippen molar-refractivity contribution in [2.75, 3.05) is 0 Å². The quantitative estimate of drug-likeness (QED) is 0.854. The minimum atomic E-state index is -4.55. The van der Waals surface area contributed by atoms with Crippen molar-refractivity contribution in [1.29, 1.82) is 0 Å². The number of hydrogen-bond donors (Lipinski definition) is 1. The lowest BCUT2D eigenvalue weighted by molar-refractivity contribution is -0.138. The number of rotatable bonds is 2. The molecule has 0 aliphatic rings. The highest BCUT2D eigenvalue weighted by molar-refractivity contribution is 6.30. The number of pyridine rings is 1. The second-order valence-electron chi connectivity index (χ2n) is 4.11. The Hall–Kier alpha value is -1.66. The van der Waals surface area contributed by atoms with E-state index in [1.807, 2.05) is 0 Å². The van der Waals surface area contributed by atoms with E-state index in [-0.39, 0.29) is 16.1 Å². The van der Waals surface area contributed by atoms with Gasteiger partial charge in [-0.3, -0.25) is 4.98 Å². The number of benzene rings is 1. The zero-order chi connectivity index (χ0) is 14.9. The Morgan fingerprint density at radius 3 is 2.50 bits per heavy atom. The summed E-state index contributed by atoms with van der Waals surface area (Å²) in [6.45, 7) is 0. The summed E-state index contributed by atoms with van der Waals surface area (Å²) in [7, 11) is 0. The Labute approximate surface area is 117 Å². The van der Waals surface area contributed by atoms with Crippen LogP contribution in [0.4, 0.5) is 17.6 Å². The van der Waals surface area contributed by atoms with Crippen molar-refractivity contribution in [3.8, 4) is 0 Å². The number of hydrogen-bond acceptors (Lipinski definition) is 2. The molecule has 20 heavy (non-hydrogen) atoms. The second kappa shape index (κ2) is 5.38. The summed E-state index contributed by atoms with van der Waals surface area (Å²) in [6.07, 6.45) is -2.50. The zero-order valence-corrected chi connectivity index (χ0v) is 10.7. The van der Waals surface area contributed by atoms with Gasteiger partial charge < -0.3 is 5.73 Å². The van der Waals surface area contributed by atoms with Gasteiger partial charge in [0, 0.05) is 18.0 Å². The summed E-state index contributed by atoms with van der Waals surface area (Å²) >= 11 is 5.53. The molecule has 0 aliphatic heterocycles. The van der Waals surface area contributed by atoms with Gasteiger partial charge in [0.1, 0.15) is 5.82 Å². The van der Waals surface area contributed by atoms with Crippen LogP contribution in [0, 0.1) is 5.82 Å². The summed E-state index contributed by atoms with van der Waals surface area (Å²) in [5.41, 5.74) is 4.85. The van der Waals surface area contributed by atoms with E-state index in [2.05, 4.69) is 4.98 Å². The molecule has 0 spiro atoms. The molecule has 2 nitrogen and oxygen atoms in total. The van der Waals surface area contributed by atoms with Gasteiger partial charge in [0.25, 0.3) is 0 Å². The minimum absolute atomic E-state index is 0.122. The molecular weight excluding hydrogens is 296 g/mol. The number of nitrogens with two attached hydrogens (primary N) is 1. The first-order chi connectivity index (χ1) is 9.30. The van der Waals surface area contributed by atoms with Crippen molar-refractivity contribution in [2.24, 2.45) is 5.73 Å². The molecule has 0 fully saturated rings. The van der Waals surface area contributed by atoms with Gasteiger partial charge >= 0.3 is 6.18 Å². The van der Waals surface area contributed by atoms with Crippen LogP contribution in [0.25, 0.3) is 0 Å². The lowest BCUT2D eigenvalue weighted by Gasteiger charge is -2.18. The van der Waals surface area contributed by atoms with E-state index in [0.717, 1.165) is 24.5 Å². The van der Waals surface area contributed by atoms with Gasteiger partial charge in [0.2, 0.25) is 0 Å². The molecule has 1 aromatic heterocycles. The van der Waals surface area contributed by atoms with Crippen molar-refractivity contribution in [3.05, 3.63) is 64.2 Å². The number of aromatic nitrogens is 1. The molecule has 1 unspecified atom stereocenters. The maximum atomic E-state index is 13.4. The SMILES string of the molecule is NC(c1ccc(Cl)c(F)c1)c1cnccc1C(F)(F)F. The molecule has 0 bridgehead atoms. The van der Waals surface area contributed by atoms with Crippen LogP contribution in [0.3, 0.4) is 0 Å². The van der Waals surface area contributed by atoms with Gasteiger partial charge in [-0.2, -0.15) is 13.2 Å². The van der Waals surface area contributed by atoms with Gasteiger partial charge in [-0.05, 0) is 23.8 Å². The highest BCUT2D eigenvalue weighted by Crippen LogP contribution is 2.35. The summed E-state index contributed by atoms with van der Waals surface area (Å²) in [4.78, 5) is 3.65. The first kappa shape index (κ1) is 14.7. The van der Waals surface area contributed by atoms with Crippen molar-refractivity contribution in [2.45, 2.75) is 12.2 Å². The predicted molar refractivity (Wildman–Crippen MR) is 66.7 cm³/mol. The van der Waals surface area contributed by atoms with Gasteiger partial charge in [-0.1, -0.05) is 17.7 Å². The van der Waals surface area contributed by atoms with Crippen LogP contribution in [0.5, 0.6) is 0 Å². The molecule has 0 saturated heterocycles. The van der Waals surface area contributed by atoms with Crippen molar-refractivity contribution < 1.29 is 17.6 Å². The van der Waals surface area contributed by atoms with Crippen molar-refractivity contribution in [1.82, 2.24) is 4.98 Å². The van der Waals surface area contributed by atoms with Crippen LogP contribution in [0.15, 0.2) is 36.7 Å². The van der Waals surface area contributed by atoms with E-state index >= 15 is 0 Å². The number of halogens is 5. The first-order valence-electron chi connectivity index (χ1n) is 5.52. The van der Waals surface area contributed by atoms with Crippen LogP contribution in [0.1, 0.15) is 22.7 Å². The zero-order valence-electron chi connectivity index (χ0n) is 9.96. The van der Waals surface area contributed by atoms with E-state index in [9.17, 15) is 17.6 Å². The smallest absolute Gasteiger partial charge is 0.320 e. The van der Waals surface area contributed by atoms with E-state index < -0.39 is 23.6 Å². The topological polar surface area (TPSA) is 38.9 Å². The van der Waals surface area contributed by atoms with Crippen LogP contribution in [-0.2, 0) is 6.18 Å². The third-order valence-electron chi connectivity index (χ3n) is 2.80. The molecule has 7 heteroatoms. The fraction of sp³-hybridized carbons (Fsp3) is 0.154. The van der Waals surface area contributed by atoms with Gasteiger partial charge in [0.15, 0.2) is 0 Å². The third kappa shape index (κ3) is 2.91. The van der Waals surface area contributed by atoms with E-state index in [1.165, 1.54) is 12.1 Å². The fourth-order valence-electron chi connectivity index (χ4n) is 1.80. The minimum Gasteiger partial charge on any atom is -0.320 e.